The molecular formula is C35H37N9. The lowest BCUT2D eigenvalue weighted by molar-refractivity contribution is 0.317. The van der Waals surface area contributed by atoms with Crippen molar-refractivity contribution in [2.45, 2.75) is 52.1 Å². The maximum Gasteiger partial charge on any atom is 0.227 e. The fourth-order valence-corrected chi connectivity index (χ4v) is 5.81. The maximum atomic E-state index is 10.4. The largest absolute Gasteiger partial charge is 0.370 e. The van der Waals surface area contributed by atoms with Crippen LogP contribution in [0.25, 0.3) is 22.2 Å². The van der Waals surface area contributed by atoms with Crippen LogP contribution in [0.1, 0.15) is 44.7 Å². The number of aromatic nitrogens is 4. The van der Waals surface area contributed by atoms with Crippen molar-refractivity contribution in [1.29, 1.82) is 5.26 Å². The number of pyridine rings is 2. The molecule has 6 rings (SSSR count). The van der Waals surface area contributed by atoms with Crippen LogP contribution in [0.5, 0.6) is 0 Å². The molecule has 3 N–H and O–H groups in total. The molecule has 44 heavy (non-hydrogen) atoms. The predicted molar refractivity (Wildman–Crippen MR) is 178 cm³/mol. The van der Waals surface area contributed by atoms with Crippen LogP contribution in [-0.2, 0) is 0 Å². The summed E-state index contributed by atoms with van der Waals surface area (Å²) < 4.78 is 0. The van der Waals surface area contributed by atoms with Crippen LogP contribution in [0.3, 0.4) is 0 Å². The van der Waals surface area contributed by atoms with E-state index >= 15 is 0 Å². The van der Waals surface area contributed by atoms with Gasteiger partial charge in [0.05, 0.1) is 16.9 Å². The number of benzene rings is 2. The van der Waals surface area contributed by atoms with E-state index in [4.69, 9.17) is 4.98 Å². The first-order chi connectivity index (χ1) is 21.3. The van der Waals surface area contributed by atoms with E-state index in [0.29, 0.717) is 23.4 Å². The molecular weight excluding hydrogens is 546 g/mol. The molecule has 0 spiro atoms. The second-order valence-electron chi connectivity index (χ2n) is 12.3. The number of hydrogen-bond donors (Lipinski definition) is 3. The molecule has 1 aliphatic rings. The second kappa shape index (κ2) is 12.3. The zero-order valence-corrected chi connectivity index (χ0v) is 25.6. The van der Waals surface area contributed by atoms with E-state index in [2.05, 4.69) is 68.7 Å². The lowest BCUT2D eigenvalue weighted by atomic mass is 9.98. The minimum atomic E-state index is 0.0746. The molecule has 1 saturated heterocycles. The number of nitrogens with one attached hydrogen (secondary N) is 3. The van der Waals surface area contributed by atoms with E-state index in [1.165, 1.54) is 0 Å². The van der Waals surface area contributed by atoms with Gasteiger partial charge < -0.3 is 20.9 Å². The monoisotopic (exact) mass is 583 g/mol. The minimum Gasteiger partial charge on any atom is -0.370 e. The fraction of sp³-hybridized carbons (Fsp3) is 0.286. The summed E-state index contributed by atoms with van der Waals surface area (Å²) >= 11 is 0. The maximum absolute atomic E-state index is 10.4. The van der Waals surface area contributed by atoms with Crippen LogP contribution >= 0.6 is 0 Å². The lowest BCUT2D eigenvalue weighted by Gasteiger charge is -2.38. The first-order valence-electron chi connectivity index (χ1n) is 15.0. The van der Waals surface area contributed by atoms with Crippen molar-refractivity contribution in [3.05, 3.63) is 90.4 Å². The molecule has 0 amide bonds. The highest BCUT2D eigenvalue weighted by Gasteiger charge is 2.27. The van der Waals surface area contributed by atoms with Gasteiger partial charge in [0.1, 0.15) is 11.6 Å². The number of aryl methyl sites for hydroxylation is 1. The van der Waals surface area contributed by atoms with Gasteiger partial charge in [0.15, 0.2) is 5.82 Å². The molecule has 0 aliphatic carbocycles. The summed E-state index contributed by atoms with van der Waals surface area (Å²) in [6.07, 6.45) is 7.30. The summed E-state index contributed by atoms with van der Waals surface area (Å²) in [5.74, 6) is 1.06. The lowest BCUT2D eigenvalue weighted by Crippen LogP contribution is -2.49. The highest BCUT2D eigenvalue weighted by molar-refractivity contribution is 5.98. The summed E-state index contributed by atoms with van der Waals surface area (Å²) in [6.45, 7) is 10.4. The van der Waals surface area contributed by atoms with Gasteiger partial charge in [0.2, 0.25) is 5.95 Å². The number of rotatable bonds is 7. The van der Waals surface area contributed by atoms with Gasteiger partial charge in [-0.2, -0.15) is 5.26 Å². The van der Waals surface area contributed by atoms with Crippen LogP contribution in [0.4, 0.5) is 28.8 Å². The first-order valence-corrected chi connectivity index (χ1v) is 15.0. The summed E-state index contributed by atoms with van der Waals surface area (Å²) in [4.78, 5) is 20.5. The Balaban J connectivity index is 1.26. The van der Waals surface area contributed by atoms with Gasteiger partial charge in [-0.1, -0.05) is 18.2 Å². The highest BCUT2D eigenvalue weighted by Crippen LogP contribution is 2.37. The third-order valence-electron chi connectivity index (χ3n) is 7.77. The summed E-state index contributed by atoms with van der Waals surface area (Å²) in [7, 11) is 0. The second-order valence-corrected chi connectivity index (χ2v) is 12.3. The molecule has 0 bridgehead atoms. The fourth-order valence-electron chi connectivity index (χ4n) is 5.81. The van der Waals surface area contributed by atoms with Crippen molar-refractivity contribution in [2.75, 3.05) is 28.6 Å². The SMILES string of the molecule is Cc1cc(Nc2nc3ccccc3c(N3CCC(NC(C)(C)C)CC3)c2C#N)ccc1Nc1nccc(-c2cccnc2)n1. The quantitative estimate of drug-likeness (QED) is 0.184. The third kappa shape index (κ3) is 6.46. The van der Waals surface area contributed by atoms with Gasteiger partial charge >= 0.3 is 0 Å². The molecule has 1 aliphatic heterocycles. The number of nitriles is 1. The van der Waals surface area contributed by atoms with Gasteiger partial charge in [0.25, 0.3) is 0 Å². The van der Waals surface area contributed by atoms with Gasteiger partial charge in [-0.15, -0.1) is 0 Å². The smallest absolute Gasteiger partial charge is 0.227 e. The summed E-state index contributed by atoms with van der Waals surface area (Å²) in [6, 6.07) is 22.7. The Morgan fingerprint density at radius 2 is 1.75 bits per heavy atom. The standard InChI is InChI=1S/C35H37N9/c1-23-20-26(11-12-29(23)41-34-38-17-13-30(42-34)24-8-7-16-37-22-24)39-33-28(21-36)32(27-9-5-6-10-31(27)40-33)44-18-14-25(15-19-44)43-35(2,3)4/h5-13,16-17,20,22,25,43H,14-15,18-19H2,1-4H3,(H,39,40)(H,38,41,42). The Labute approximate surface area is 258 Å². The number of para-hydroxylation sites is 1. The van der Waals surface area contributed by atoms with E-state index in [1.54, 1.807) is 18.6 Å². The normalized spacial score (nSPS) is 13.9. The van der Waals surface area contributed by atoms with E-state index in [-0.39, 0.29) is 5.54 Å². The highest BCUT2D eigenvalue weighted by atomic mass is 15.2. The van der Waals surface area contributed by atoms with Gasteiger partial charge in [-0.25, -0.2) is 15.0 Å². The van der Waals surface area contributed by atoms with Crippen LogP contribution < -0.4 is 20.9 Å². The molecule has 9 nitrogen and oxygen atoms in total. The predicted octanol–water partition coefficient (Wildman–Crippen LogP) is 7.11. The van der Waals surface area contributed by atoms with Crippen molar-refractivity contribution >= 4 is 39.7 Å². The first kappa shape index (κ1) is 29.0. The number of nitrogens with zero attached hydrogens (tertiary/aromatic N) is 6. The van der Waals surface area contributed by atoms with E-state index in [9.17, 15) is 5.26 Å². The number of anilines is 5. The van der Waals surface area contributed by atoms with Gasteiger partial charge in [-0.05, 0) is 88.6 Å². The molecule has 222 valence electrons. The zero-order chi connectivity index (χ0) is 30.7. The van der Waals surface area contributed by atoms with Crippen molar-refractivity contribution in [3.63, 3.8) is 0 Å². The molecule has 0 atom stereocenters. The summed E-state index contributed by atoms with van der Waals surface area (Å²) in [5.41, 5.74) is 6.90. The molecule has 5 aromatic rings. The van der Waals surface area contributed by atoms with Crippen LogP contribution in [0.15, 0.2) is 79.3 Å². The van der Waals surface area contributed by atoms with E-state index in [0.717, 1.165) is 70.7 Å². The molecule has 9 heteroatoms. The Morgan fingerprint density at radius 3 is 2.48 bits per heavy atom. The Morgan fingerprint density at radius 1 is 0.932 bits per heavy atom. The van der Waals surface area contributed by atoms with Crippen molar-refractivity contribution in [2.24, 2.45) is 0 Å². The van der Waals surface area contributed by atoms with Crippen LogP contribution in [-0.4, -0.2) is 44.6 Å². The number of piperidine rings is 1. The molecule has 0 saturated carbocycles. The van der Waals surface area contributed by atoms with Crippen molar-refractivity contribution in [3.8, 4) is 17.3 Å². The molecule has 0 unspecified atom stereocenters. The molecule has 4 heterocycles. The van der Waals surface area contributed by atoms with Crippen LogP contribution in [0.2, 0.25) is 0 Å². The Bertz CT molecular complexity index is 1810. The van der Waals surface area contributed by atoms with Gasteiger partial charge in [0, 0.05) is 65.6 Å². The van der Waals surface area contributed by atoms with Crippen molar-refractivity contribution in [1.82, 2.24) is 25.3 Å². The van der Waals surface area contributed by atoms with Crippen molar-refractivity contribution < 1.29 is 0 Å². The number of hydrogen-bond acceptors (Lipinski definition) is 9. The Kier molecular flexibility index (Phi) is 8.09. The van der Waals surface area contributed by atoms with E-state index in [1.807, 2.05) is 61.5 Å². The average molecular weight is 584 g/mol. The average Bonchev–Trinajstić information content (AvgIpc) is 3.02. The minimum absolute atomic E-state index is 0.0746. The van der Waals surface area contributed by atoms with Crippen LogP contribution in [0, 0.1) is 18.3 Å². The number of fused-ring (bicyclic) bond motifs is 1. The zero-order valence-electron chi connectivity index (χ0n) is 25.6. The third-order valence-corrected chi connectivity index (χ3v) is 7.77. The molecule has 1 fully saturated rings. The molecule has 0 radical (unpaired) electrons. The molecule has 3 aromatic heterocycles. The van der Waals surface area contributed by atoms with Gasteiger partial charge in [-0.3, -0.25) is 4.98 Å². The topological polar surface area (TPSA) is 115 Å². The Hall–Kier alpha value is -5.07. The molecule has 2 aromatic carbocycles. The summed E-state index contributed by atoms with van der Waals surface area (Å²) in [5, 5.41) is 22.0. The van der Waals surface area contributed by atoms with E-state index < -0.39 is 0 Å².